The van der Waals surface area contributed by atoms with Crippen LogP contribution in [0.15, 0.2) is 59.8 Å². The molecule has 1 saturated heterocycles. The Hall–Kier alpha value is -4.12. The van der Waals surface area contributed by atoms with E-state index in [0.717, 1.165) is 48.1 Å². The van der Waals surface area contributed by atoms with Crippen molar-refractivity contribution in [1.82, 2.24) is 24.0 Å². The fraction of sp³-hybridized carbons (Fsp3) is 0.345. The van der Waals surface area contributed by atoms with E-state index in [1.165, 1.54) is 15.2 Å². The zero-order valence-electron chi connectivity index (χ0n) is 22.4. The molecule has 6 rings (SSSR count). The van der Waals surface area contributed by atoms with Gasteiger partial charge in [0.15, 0.2) is 0 Å². The second-order valence-electron chi connectivity index (χ2n) is 10.2. The second-order valence-corrected chi connectivity index (χ2v) is 10.2. The van der Waals surface area contributed by atoms with Gasteiger partial charge in [-0.25, -0.2) is 9.78 Å². The summed E-state index contributed by atoms with van der Waals surface area (Å²) in [6.45, 7) is 6.19. The summed E-state index contributed by atoms with van der Waals surface area (Å²) in [6, 6.07) is 9.92. The van der Waals surface area contributed by atoms with E-state index < -0.39 is 17.4 Å². The number of aromatic nitrogens is 4. The number of benzene rings is 1. The van der Waals surface area contributed by atoms with Gasteiger partial charge in [0.1, 0.15) is 5.82 Å². The number of likely N-dealkylation sites (N-methyl/N-ethyl adjacent to an activating group) is 1. The minimum Gasteiger partial charge on any atom is -0.370 e. The van der Waals surface area contributed by atoms with Gasteiger partial charge in [-0.2, -0.15) is 13.2 Å². The van der Waals surface area contributed by atoms with Crippen molar-refractivity contribution in [2.24, 2.45) is 7.05 Å². The highest BCUT2D eigenvalue weighted by Crippen LogP contribution is 2.39. The number of aryl methyl sites for hydroxylation is 1. The van der Waals surface area contributed by atoms with Gasteiger partial charge < -0.3 is 19.7 Å². The van der Waals surface area contributed by atoms with Crippen LogP contribution in [-0.2, 0) is 19.6 Å². The van der Waals surface area contributed by atoms with Gasteiger partial charge in [0, 0.05) is 69.6 Å². The van der Waals surface area contributed by atoms with Crippen LogP contribution in [0.2, 0.25) is 0 Å². The van der Waals surface area contributed by atoms with E-state index in [-0.39, 0.29) is 11.4 Å². The number of rotatable bonds is 5. The predicted molar refractivity (Wildman–Crippen MR) is 149 cm³/mol. The predicted octanol–water partition coefficient (Wildman–Crippen LogP) is 4.43. The molecule has 1 aromatic carbocycles. The summed E-state index contributed by atoms with van der Waals surface area (Å²) in [5.74, 6) is 0.881. The molecule has 0 radical (unpaired) electrons. The third-order valence-corrected chi connectivity index (χ3v) is 7.76. The van der Waals surface area contributed by atoms with E-state index in [1.54, 1.807) is 36.6 Å². The number of anilines is 2. The summed E-state index contributed by atoms with van der Waals surface area (Å²) in [4.78, 5) is 26.2. The molecule has 40 heavy (non-hydrogen) atoms. The summed E-state index contributed by atoms with van der Waals surface area (Å²) in [5, 5.41) is 3.25. The number of nitrogens with zero attached hydrogens (tertiary/aromatic N) is 6. The Morgan fingerprint density at radius 1 is 1.00 bits per heavy atom. The lowest BCUT2D eigenvalue weighted by molar-refractivity contribution is -0.137. The van der Waals surface area contributed by atoms with E-state index in [1.807, 2.05) is 19.1 Å². The molecule has 11 heteroatoms. The number of alkyl halides is 3. The number of fused-ring (bicyclic) bond motifs is 1. The maximum Gasteiger partial charge on any atom is 0.418 e. The van der Waals surface area contributed by atoms with E-state index in [9.17, 15) is 18.0 Å². The number of imidazole rings is 1. The average molecular weight is 550 g/mol. The topological polar surface area (TPSA) is 71.2 Å². The van der Waals surface area contributed by atoms with Gasteiger partial charge in [-0.1, -0.05) is 6.92 Å². The Morgan fingerprint density at radius 2 is 1.80 bits per heavy atom. The summed E-state index contributed by atoms with van der Waals surface area (Å²) in [5.41, 5.74) is 2.84. The van der Waals surface area contributed by atoms with Gasteiger partial charge in [-0.15, -0.1) is 0 Å². The molecule has 3 aromatic heterocycles. The third kappa shape index (κ3) is 4.74. The molecule has 8 nitrogen and oxygen atoms in total. The lowest BCUT2D eigenvalue weighted by Crippen LogP contribution is -2.46. The number of piperazine rings is 1. The van der Waals surface area contributed by atoms with Gasteiger partial charge in [0.05, 0.1) is 22.6 Å². The smallest absolute Gasteiger partial charge is 0.370 e. The highest BCUT2D eigenvalue weighted by Gasteiger charge is 2.36. The molecule has 0 bridgehead atoms. The van der Waals surface area contributed by atoms with Crippen LogP contribution in [-0.4, -0.2) is 63.3 Å². The quantitative estimate of drug-likeness (QED) is 0.397. The molecule has 2 aliphatic rings. The van der Waals surface area contributed by atoms with Crippen molar-refractivity contribution in [3.63, 3.8) is 0 Å². The van der Waals surface area contributed by atoms with Crippen molar-refractivity contribution in [2.45, 2.75) is 19.5 Å². The molecule has 0 atom stereocenters. The lowest BCUT2D eigenvalue weighted by Gasteiger charge is -2.36. The molecule has 1 N–H and O–H groups in total. The van der Waals surface area contributed by atoms with Crippen molar-refractivity contribution < 1.29 is 13.2 Å². The van der Waals surface area contributed by atoms with Crippen LogP contribution < -0.4 is 15.9 Å². The normalized spacial score (nSPS) is 15.8. The monoisotopic (exact) mass is 549 g/mol. The SMILES string of the molecule is CCN1CCN(c2ccc(-n3c(-c4cc(-c5cnc6c(c5)CCN6)ccn4)cn(C)c3=O)cc2C(F)(F)F)CC1. The van der Waals surface area contributed by atoms with Gasteiger partial charge >= 0.3 is 11.9 Å². The molecule has 0 spiro atoms. The number of nitrogens with one attached hydrogen (secondary N) is 1. The number of pyridine rings is 2. The van der Waals surface area contributed by atoms with Crippen molar-refractivity contribution in [3.8, 4) is 28.2 Å². The zero-order chi connectivity index (χ0) is 28.0. The maximum absolute atomic E-state index is 14.4. The van der Waals surface area contributed by atoms with Crippen molar-refractivity contribution in [3.05, 3.63) is 76.6 Å². The first kappa shape index (κ1) is 26.1. The molecule has 1 fully saturated rings. The highest BCUT2D eigenvalue weighted by atomic mass is 19.4. The summed E-state index contributed by atoms with van der Waals surface area (Å²) in [6.07, 6.45) is 1.32. The van der Waals surface area contributed by atoms with Crippen molar-refractivity contribution in [2.75, 3.05) is 49.5 Å². The Kier molecular flexibility index (Phi) is 6.61. The lowest BCUT2D eigenvalue weighted by atomic mass is 10.0. The minimum absolute atomic E-state index is 0.135. The molecule has 208 valence electrons. The summed E-state index contributed by atoms with van der Waals surface area (Å²) >= 11 is 0. The van der Waals surface area contributed by atoms with Crippen LogP contribution >= 0.6 is 0 Å². The Labute approximate surface area is 229 Å². The maximum atomic E-state index is 14.4. The van der Waals surface area contributed by atoms with E-state index in [0.29, 0.717) is 37.6 Å². The molecular weight excluding hydrogens is 519 g/mol. The Morgan fingerprint density at radius 3 is 2.55 bits per heavy atom. The van der Waals surface area contributed by atoms with E-state index in [2.05, 4.69) is 26.3 Å². The summed E-state index contributed by atoms with van der Waals surface area (Å²) in [7, 11) is 1.58. The fourth-order valence-corrected chi connectivity index (χ4v) is 5.54. The molecule has 5 heterocycles. The van der Waals surface area contributed by atoms with E-state index in [4.69, 9.17) is 0 Å². The first-order valence-corrected chi connectivity index (χ1v) is 13.4. The first-order valence-electron chi connectivity index (χ1n) is 13.4. The van der Waals surface area contributed by atoms with Gasteiger partial charge in [0.25, 0.3) is 0 Å². The van der Waals surface area contributed by atoms with Crippen LogP contribution in [0, 0.1) is 0 Å². The molecule has 0 amide bonds. The molecule has 0 aliphatic carbocycles. The van der Waals surface area contributed by atoms with E-state index >= 15 is 0 Å². The number of halogens is 3. The van der Waals surface area contributed by atoms with Crippen LogP contribution in [0.5, 0.6) is 0 Å². The van der Waals surface area contributed by atoms with Gasteiger partial charge in [-0.3, -0.25) is 9.55 Å². The molecule has 0 unspecified atom stereocenters. The fourth-order valence-electron chi connectivity index (χ4n) is 5.54. The summed E-state index contributed by atoms with van der Waals surface area (Å²) < 4.78 is 45.7. The molecular formula is C29H30F3N7O. The zero-order valence-corrected chi connectivity index (χ0v) is 22.4. The molecule has 4 aromatic rings. The standard InChI is InChI=1S/C29H30F3N7O/c1-3-37-10-12-38(13-11-37)25-5-4-22(16-23(25)29(30,31)32)39-26(18-36(2)28(39)40)24-15-19(6-8-33-24)21-14-20-7-9-34-27(20)35-17-21/h4-6,8,14-18H,3,7,9-13H2,1-2H3,(H,34,35). The molecule has 0 saturated carbocycles. The van der Waals surface area contributed by atoms with Crippen LogP contribution in [0.4, 0.5) is 24.7 Å². The number of hydrogen-bond donors (Lipinski definition) is 1. The first-order chi connectivity index (χ1) is 19.2. The van der Waals surface area contributed by atoms with Crippen molar-refractivity contribution in [1.29, 1.82) is 0 Å². The Balaban J connectivity index is 1.41. The Bertz CT molecular complexity index is 1620. The largest absolute Gasteiger partial charge is 0.418 e. The third-order valence-electron chi connectivity index (χ3n) is 7.76. The number of hydrogen-bond acceptors (Lipinski definition) is 6. The average Bonchev–Trinajstić information content (AvgIpc) is 3.56. The minimum atomic E-state index is -4.58. The van der Waals surface area contributed by atoms with Crippen LogP contribution in [0.1, 0.15) is 18.1 Å². The van der Waals surface area contributed by atoms with Gasteiger partial charge in [-0.05, 0) is 60.5 Å². The highest BCUT2D eigenvalue weighted by molar-refractivity contribution is 5.72. The van der Waals surface area contributed by atoms with Gasteiger partial charge in [0.2, 0.25) is 0 Å². The van der Waals surface area contributed by atoms with Crippen LogP contribution in [0.3, 0.4) is 0 Å². The van der Waals surface area contributed by atoms with Crippen molar-refractivity contribution >= 4 is 11.5 Å². The molecule has 2 aliphatic heterocycles. The van der Waals surface area contributed by atoms with Crippen LogP contribution in [0.25, 0.3) is 28.2 Å². The second kappa shape index (κ2) is 10.1.